The number of rotatable bonds is 12. The highest BCUT2D eigenvalue weighted by Crippen LogP contribution is 2.46. The molecule has 2 atom stereocenters. The molecule has 2 heterocycles. The number of benzene rings is 2. The number of carbonyl (C=O) groups is 2. The molecule has 2 aromatic carbocycles. The first kappa shape index (κ1) is 28.1. The fraction of sp³-hybridized carbons (Fsp3) is 0.333. The van der Waals surface area contributed by atoms with Crippen LogP contribution in [0.1, 0.15) is 47.4 Å². The van der Waals surface area contributed by atoms with E-state index in [1.54, 1.807) is 43.1 Å². The standard InChI is InChI=1S/C27H33N7O4S/c1-26(2,20-12-8-11-19(15-20)23(35)18-9-6-5-7-10-18)21-16-22(38-32-21)33-27(24(36)37,13-14-39-4)34(33)31-17-30-25(28)29-3/h5-12,15-16,31H,13-14,17H2,1-4H3,(H,36,37)(H3,28,29,30)/t27-,33?,34?/m0/s1. The second-order valence-corrected chi connectivity index (χ2v) is 10.6. The maximum Gasteiger partial charge on any atom is 0.349 e. The van der Waals surface area contributed by atoms with Crippen molar-refractivity contribution in [2.24, 2.45) is 0 Å². The molecule has 1 aliphatic heterocycles. The Morgan fingerprint density at radius 1 is 1.13 bits per heavy atom. The highest BCUT2D eigenvalue weighted by atomic mass is 32.2. The Kier molecular flexibility index (Phi) is 8.28. The molecule has 1 aliphatic rings. The van der Waals surface area contributed by atoms with Crippen molar-refractivity contribution >= 4 is 35.4 Å². The van der Waals surface area contributed by atoms with Gasteiger partial charge < -0.3 is 20.3 Å². The second kappa shape index (κ2) is 11.5. The predicted molar refractivity (Wildman–Crippen MR) is 151 cm³/mol. The van der Waals surface area contributed by atoms with Crippen LogP contribution < -0.4 is 21.1 Å². The number of thioether (sulfide) groups is 1. The molecule has 0 spiro atoms. The summed E-state index contributed by atoms with van der Waals surface area (Å²) in [6.07, 6.45) is 2.24. The summed E-state index contributed by atoms with van der Waals surface area (Å²) in [4.78, 5) is 25.5. The molecule has 0 saturated carbocycles. The van der Waals surface area contributed by atoms with Crippen LogP contribution in [0.15, 0.2) is 65.2 Å². The minimum absolute atomic E-state index is 0.0695. The van der Waals surface area contributed by atoms with Crippen LogP contribution in [-0.2, 0) is 10.2 Å². The van der Waals surface area contributed by atoms with Crippen LogP contribution in [0, 0.1) is 5.41 Å². The largest absolute Gasteiger partial charge is 0.478 e. The lowest BCUT2D eigenvalue weighted by Crippen LogP contribution is -2.44. The molecular formula is C27H33N7O4S. The van der Waals surface area contributed by atoms with Gasteiger partial charge in [0.1, 0.15) is 0 Å². The van der Waals surface area contributed by atoms with E-state index in [-0.39, 0.29) is 24.3 Å². The summed E-state index contributed by atoms with van der Waals surface area (Å²) in [6.45, 7) is 4.08. The average molecular weight is 552 g/mol. The van der Waals surface area contributed by atoms with E-state index in [1.807, 2.05) is 56.5 Å². The zero-order chi connectivity index (χ0) is 28.2. The van der Waals surface area contributed by atoms with Gasteiger partial charge in [0.2, 0.25) is 11.5 Å². The first-order valence-corrected chi connectivity index (χ1v) is 13.8. The van der Waals surface area contributed by atoms with Crippen molar-refractivity contribution in [3.8, 4) is 0 Å². The molecule has 12 heteroatoms. The SMILES string of the molecule is CNC(=N)NCNN1N(c2cc(C(C)(C)c3cccc(C(=O)c4ccccc4)c3)no2)[C@]1(CCSC)C(=O)O. The van der Waals surface area contributed by atoms with Crippen LogP contribution in [0.5, 0.6) is 0 Å². The Morgan fingerprint density at radius 3 is 2.51 bits per heavy atom. The maximum absolute atomic E-state index is 13.0. The molecule has 0 aliphatic carbocycles. The first-order chi connectivity index (χ1) is 18.7. The Morgan fingerprint density at radius 2 is 1.85 bits per heavy atom. The maximum atomic E-state index is 13.0. The van der Waals surface area contributed by atoms with Crippen LogP contribution >= 0.6 is 11.8 Å². The van der Waals surface area contributed by atoms with Crippen LogP contribution in [0.2, 0.25) is 0 Å². The van der Waals surface area contributed by atoms with Crippen LogP contribution in [0.4, 0.5) is 5.88 Å². The third-order valence-corrected chi connectivity index (χ3v) is 7.44. The van der Waals surface area contributed by atoms with Gasteiger partial charge in [0.25, 0.3) is 0 Å². The summed E-state index contributed by atoms with van der Waals surface area (Å²) in [7, 11) is 1.62. The highest BCUT2D eigenvalue weighted by Gasteiger charge is 2.69. The number of ketones is 1. The predicted octanol–water partition coefficient (Wildman–Crippen LogP) is 3.01. The molecule has 4 rings (SSSR count). The molecule has 1 saturated heterocycles. The van der Waals surface area contributed by atoms with Gasteiger partial charge in [0, 0.05) is 36.1 Å². The fourth-order valence-electron chi connectivity index (χ4n) is 4.38. The quantitative estimate of drug-likeness (QED) is 0.0744. The number of hydrogen-bond acceptors (Lipinski definition) is 9. The van der Waals surface area contributed by atoms with Gasteiger partial charge in [-0.1, -0.05) is 67.5 Å². The molecule has 0 amide bonds. The van der Waals surface area contributed by atoms with Crippen molar-refractivity contribution in [2.45, 2.75) is 31.3 Å². The molecule has 1 aromatic heterocycles. The molecule has 3 aromatic rings. The molecule has 11 nitrogen and oxygen atoms in total. The van der Waals surface area contributed by atoms with E-state index in [0.717, 1.165) is 5.56 Å². The molecule has 206 valence electrons. The summed E-state index contributed by atoms with van der Waals surface area (Å²) in [5.74, 6) is -0.126. The number of carboxylic acids is 1. The van der Waals surface area contributed by atoms with Crippen LogP contribution in [0.3, 0.4) is 0 Å². The van der Waals surface area contributed by atoms with E-state index in [4.69, 9.17) is 9.93 Å². The molecule has 39 heavy (non-hydrogen) atoms. The summed E-state index contributed by atoms with van der Waals surface area (Å²) in [5, 5.41) is 30.7. The lowest BCUT2D eigenvalue weighted by atomic mass is 9.80. The van der Waals surface area contributed by atoms with Gasteiger partial charge in [-0.2, -0.15) is 11.8 Å². The van der Waals surface area contributed by atoms with Crippen molar-refractivity contribution in [3.05, 3.63) is 83.0 Å². The number of hydrogen-bond donors (Lipinski definition) is 5. The number of carboxylic acid groups (broad SMARTS) is 1. The summed E-state index contributed by atoms with van der Waals surface area (Å²) in [5.41, 5.74) is 3.65. The van der Waals surface area contributed by atoms with Crippen LogP contribution in [0.25, 0.3) is 0 Å². The lowest BCUT2D eigenvalue weighted by Gasteiger charge is -2.23. The number of hydrazine groups is 2. The van der Waals surface area contributed by atoms with Crippen molar-refractivity contribution in [3.63, 3.8) is 0 Å². The third-order valence-electron chi connectivity index (χ3n) is 6.83. The number of anilines is 1. The van der Waals surface area contributed by atoms with Crippen molar-refractivity contribution in [1.82, 2.24) is 26.3 Å². The third kappa shape index (κ3) is 5.49. The van der Waals surface area contributed by atoms with Crippen LogP contribution in [-0.4, -0.2) is 64.5 Å². The van der Waals surface area contributed by atoms with Crippen molar-refractivity contribution in [2.75, 3.05) is 30.7 Å². The minimum Gasteiger partial charge on any atom is -0.478 e. The Hall–Kier alpha value is -3.87. The number of guanidine groups is 1. The first-order valence-electron chi connectivity index (χ1n) is 12.4. The summed E-state index contributed by atoms with van der Waals surface area (Å²) in [6, 6.07) is 18.3. The second-order valence-electron chi connectivity index (χ2n) is 9.58. The Labute approximate surface area is 231 Å². The van der Waals surface area contributed by atoms with E-state index in [1.165, 1.54) is 10.1 Å². The van der Waals surface area contributed by atoms with Gasteiger partial charge in [0.15, 0.2) is 11.7 Å². The number of nitrogens with zero attached hydrogens (tertiary/aromatic N) is 3. The number of aromatic nitrogens is 1. The lowest BCUT2D eigenvalue weighted by molar-refractivity contribution is -0.141. The summed E-state index contributed by atoms with van der Waals surface area (Å²) >= 11 is 1.55. The van der Waals surface area contributed by atoms with Gasteiger partial charge in [-0.15, -0.1) is 5.12 Å². The molecular weight excluding hydrogens is 518 g/mol. The van der Waals surface area contributed by atoms with E-state index in [0.29, 0.717) is 29.0 Å². The topological polar surface area (TPSA) is 146 Å². The van der Waals surface area contributed by atoms with Gasteiger partial charge >= 0.3 is 5.97 Å². The molecule has 0 bridgehead atoms. The Bertz CT molecular complexity index is 1350. The summed E-state index contributed by atoms with van der Waals surface area (Å²) < 4.78 is 5.69. The van der Waals surface area contributed by atoms with Crippen molar-refractivity contribution in [1.29, 1.82) is 5.41 Å². The number of carbonyl (C=O) groups excluding carboxylic acids is 1. The monoisotopic (exact) mass is 551 g/mol. The molecule has 5 N–H and O–H groups in total. The minimum atomic E-state index is -1.37. The normalized spacial score (nSPS) is 18.5. The fourth-order valence-corrected chi connectivity index (χ4v) is 4.87. The number of aliphatic carboxylic acids is 1. The van der Waals surface area contributed by atoms with Crippen molar-refractivity contribution < 1.29 is 19.2 Å². The van der Waals surface area contributed by atoms with Gasteiger partial charge in [-0.25, -0.2) is 15.2 Å². The molecule has 1 fully saturated rings. The van der Waals surface area contributed by atoms with E-state index in [9.17, 15) is 14.7 Å². The van der Waals surface area contributed by atoms with E-state index < -0.39 is 17.0 Å². The van der Waals surface area contributed by atoms with E-state index >= 15 is 0 Å². The average Bonchev–Trinajstić information content (AvgIpc) is 3.31. The zero-order valence-corrected chi connectivity index (χ0v) is 23.1. The van der Waals surface area contributed by atoms with Gasteiger partial charge in [-0.3, -0.25) is 10.2 Å². The van der Waals surface area contributed by atoms with Gasteiger partial charge in [0.05, 0.1) is 12.4 Å². The molecule has 0 radical (unpaired) electrons. The molecule has 1 unspecified atom stereocenters. The van der Waals surface area contributed by atoms with E-state index in [2.05, 4.69) is 21.2 Å². The Balaban J connectivity index is 1.60. The number of nitrogens with one attached hydrogen (secondary N) is 4. The zero-order valence-electron chi connectivity index (χ0n) is 22.3. The highest BCUT2D eigenvalue weighted by molar-refractivity contribution is 7.98. The van der Waals surface area contributed by atoms with Gasteiger partial charge in [-0.05, 0) is 23.6 Å². The smallest absolute Gasteiger partial charge is 0.349 e.